The molecule has 3 aromatic rings. The largest absolute Gasteiger partial charge is 0.352 e. The highest BCUT2D eigenvalue weighted by Gasteiger charge is 2.34. The molecule has 1 fully saturated rings. The van der Waals surface area contributed by atoms with Gasteiger partial charge in [-0.2, -0.15) is 0 Å². The third-order valence-electron chi connectivity index (χ3n) is 7.33. The van der Waals surface area contributed by atoms with Gasteiger partial charge in [0, 0.05) is 19.0 Å². The highest BCUT2D eigenvalue weighted by molar-refractivity contribution is 7.92. The zero-order valence-electron chi connectivity index (χ0n) is 23.3. The summed E-state index contributed by atoms with van der Waals surface area (Å²) in [5.41, 5.74) is 1.45. The van der Waals surface area contributed by atoms with Crippen molar-refractivity contribution in [1.29, 1.82) is 0 Å². The molecule has 0 spiro atoms. The molecule has 42 heavy (non-hydrogen) atoms. The van der Waals surface area contributed by atoms with E-state index in [-0.39, 0.29) is 35.6 Å². The minimum atomic E-state index is -4.00. The van der Waals surface area contributed by atoms with E-state index in [1.54, 1.807) is 18.2 Å². The lowest BCUT2D eigenvalue weighted by Crippen LogP contribution is -2.55. The topological polar surface area (TPSA) is 86.8 Å². The lowest BCUT2D eigenvalue weighted by molar-refractivity contribution is -0.140. The van der Waals surface area contributed by atoms with Crippen LogP contribution in [0.25, 0.3) is 0 Å². The minimum absolute atomic E-state index is 0.00611. The molecule has 1 unspecified atom stereocenters. The van der Waals surface area contributed by atoms with Gasteiger partial charge in [-0.05, 0) is 54.3 Å². The van der Waals surface area contributed by atoms with Gasteiger partial charge in [-0.25, -0.2) is 12.8 Å². The van der Waals surface area contributed by atoms with E-state index in [0.29, 0.717) is 10.6 Å². The molecule has 0 saturated heterocycles. The Morgan fingerprint density at radius 1 is 0.929 bits per heavy atom. The summed E-state index contributed by atoms with van der Waals surface area (Å²) in [6.45, 7) is -0.669. The van der Waals surface area contributed by atoms with E-state index in [9.17, 15) is 22.4 Å². The van der Waals surface area contributed by atoms with Crippen LogP contribution in [0.2, 0.25) is 10.0 Å². The van der Waals surface area contributed by atoms with Crippen molar-refractivity contribution >= 4 is 50.7 Å². The fourth-order valence-electron chi connectivity index (χ4n) is 5.18. The van der Waals surface area contributed by atoms with Crippen molar-refractivity contribution in [2.24, 2.45) is 0 Å². The van der Waals surface area contributed by atoms with E-state index in [1.165, 1.54) is 23.1 Å². The Bertz CT molecular complexity index is 1500. The Kier molecular flexibility index (Phi) is 10.9. The number of sulfonamides is 1. The molecule has 0 heterocycles. The van der Waals surface area contributed by atoms with Crippen LogP contribution in [-0.4, -0.2) is 50.0 Å². The number of rotatable bonds is 11. The quantitative estimate of drug-likeness (QED) is 0.281. The average Bonchev–Trinajstić information content (AvgIpc) is 2.95. The molecule has 7 nitrogen and oxygen atoms in total. The number of nitrogens with zero attached hydrogens (tertiary/aromatic N) is 2. The van der Waals surface area contributed by atoms with Gasteiger partial charge in [0.1, 0.15) is 18.4 Å². The monoisotopic (exact) mass is 633 g/mol. The minimum Gasteiger partial charge on any atom is -0.352 e. The number of amides is 2. The molecule has 1 aliphatic rings. The number of benzene rings is 3. The van der Waals surface area contributed by atoms with Gasteiger partial charge in [0.05, 0.1) is 22.0 Å². The summed E-state index contributed by atoms with van der Waals surface area (Å²) in [6.07, 6.45) is 5.99. The standard InChI is InChI=1S/C31H34Cl2FN3O4S/c1-42(40,41)37(26-14-8-11-24(34)19-26)21-30(38)36(20-23-15-16-27(32)28(33)17-23)29(18-22-9-4-2-5-10-22)31(39)35-25-12-6-3-7-13-25/h2,4-5,8-11,14-17,19,25,29H,3,6-7,12-13,18,20-21H2,1H3,(H,35,39). The van der Waals surface area contributed by atoms with Gasteiger partial charge in [0.2, 0.25) is 21.8 Å². The molecule has 3 aromatic carbocycles. The SMILES string of the molecule is CS(=O)(=O)N(CC(=O)N(Cc1ccc(Cl)c(Cl)c1)C(Cc1ccccc1)C(=O)NC1CCCCC1)c1cccc(F)c1. The Morgan fingerprint density at radius 3 is 2.29 bits per heavy atom. The third-order valence-corrected chi connectivity index (χ3v) is 9.21. The zero-order chi connectivity index (χ0) is 30.3. The summed E-state index contributed by atoms with van der Waals surface area (Å²) in [5, 5.41) is 3.76. The van der Waals surface area contributed by atoms with Crippen LogP contribution < -0.4 is 9.62 Å². The van der Waals surface area contributed by atoms with Crippen LogP contribution >= 0.6 is 23.2 Å². The summed E-state index contributed by atoms with van der Waals surface area (Å²) in [6, 6.07) is 18.3. The number of halogens is 3. The van der Waals surface area contributed by atoms with Crippen molar-refractivity contribution in [3.05, 3.63) is 99.8 Å². The molecule has 0 aromatic heterocycles. The summed E-state index contributed by atoms with van der Waals surface area (Å²) in [7, 11) is -4.00. The normalized spacial score (nSPS) is 14.7. The lowest BCUT2D eigenvalue weighted by Gasteiger charge is -2.35. The molecule has 11 heteroatoms. The smallest absolute Gasteiger partial charge is 0.244 e. The predicted octanol–water partition coefficient (Wildman–Crippen LogP) is 5.99. The van der Waals surface area contributed by atoms with Crippen LogP contribution in [0, 0.1) is 5.82 Å². The number of hydrogen-bond acceptors (Lipinski definition) is 4. The third kappa shape index (κ3) is 8.69. The molecular weight excluding hydrogens is 600 g/mol. The Labute approximate surface area is 256 Å². The number of carbonyl (C=O) groups excluding carboxylic acids is 2. The first-order chi connectivity index (χ1) is 20.0. The molecule has 0 aliphatic heterocycles. The summed E-state index contributed by atoms with van der Waals surface area (Å²) in [5.74, 6) is -1.60. The first-order valence-electron chi connectivity index (χ1n) is 13.8. The second-order valence-corrected chi connectivity index (χ2v) is 13.3. The van der Waals surface area contributed by atoms with Crippen molar-refractivity contribution < 1.29 is 22.4 Å². The van der Waals surface area contributed by atoms with Gasteiger partial charge in [-0.3, -0.25) is 13.9 Å². The fraction of sp³-hybridized carbons (Fsp3) is 0.355. The van der Waals surface area contributed by atoms with Gasteiger partial charge in [-0.15, -0.1) is 0 Å². The van der Waals surface area contributed by atoms with Gasteiger partial charge in [-0.1, -0.05) is 84.9 Å². The second kappa shape index (κ2) is 14.4. The molecule has 2 amide bonds. The van der Waals surface area contributed by atoms with Crippen LogP contribution in [0.1, 0.15) is 43.2 Å². The molecule has 4 rings (SSSR count). The zero-order valence-corrected chi connectivity index (χ0v) is 25.6. The molecule has 1 N–H and O–H groups in total. The number of carbonyl (C=O) groups is 2. The van der Waals surface area contributed by atoms with Crippen molar-refractivity contribution in [2.75, 3.05) is 17.1 Å². The number of nitrogens with one attached hydrogen (secondary N) is 1. The molecule has 1 saturated carbocycles. The maximum absolute atomic E-state index is 14.1. The molecule has 224 valence electrons. The van der Waals surface area contributed by atoms with E-state index in [4.69, 9.17) is 23.2 Å². The fourth-order valence-corrected chi connectivity index (χ4v) is 6.34. The van der Waals surface area contributed by atoms with Crippen molar-refractivity contribution in [3.8, 4) is 0 Å². The highest BCUT2D eigenvalue weighted by Crippen LogP contribution is 2.26. The Balaban J connectivity index is 1.74. The van der Waals surface area contributed by atoms with E-state index < -0.39 is 34.3 Å². The van der Waals surface area contributed by atoms with Crippen LogP contribution in [0.5, 0.6) is 0 Å². The van der Waals surface area contributed by atoms with E-state index in [1.807, 2.05) is 30.3 Å². The number of hydrogen-bond donors (Lipinski definition) is 1. The Hall–Kier alpha value is -3.14. The molecular formula is C31H34Cl2FN3O4S. The van der Waals surface area contributed by atoms with Crippen molar-refractivity contribution in [2.45, 2.75) is 57.2 Å². The molecule has 0 bridgehead atoms. The maximum atomic E-state index is 14.1. The van der Waals surface area contributed by atoms with Gasteiger partial charge in [0.25, 0.3) is 0 Å². The maximum Gasteiger partial charge on any atom is 0.244 e. The van der Waals surface area contributed by atoms with Crippen molar-refractivity contribution in [1.82, 2.24) is 10.2 Å². The van der Waals surface area contributed by atoms with E-state index in [2.05, 4.69) is 5.32 Å². The van der Waals surface area contributed by atoms with Gasteiger partial charge < -0.3 is 10.2 Å². The van der Waals surface area contributed by atoms with Crippen LogP contribution in [-0.2, 0) is 32.6 Å². The molecule has 1 aliphatic carbocycles. The van der Waals surface area contributed by atoms with Gasteiger partial charge in [0.15, 0.2) is 0 Å². The lowest BCUT2D eigenvalue weighted by atomic mass is 9.94. The van der Waals surface area contributed by atoms with Crippen LogP contribution in [0.15, 0.2) is 72.8 Å². The van der Waals surface area contributed by atoms with Crippen LogP contribution in [0.3, 0.4) is 0 Å². The highest BCUT2D eigenvalue weighted by atomic mass is 35.5. The summed E-state index contributed by atoms with van der Waals surface area (Å²) >= 11 is 12.4. The summed E-state index contributed by atoms with van der Waals surface area (Å²) in [4.78, 5) is 29.4. The molecule has 0 radical (unpaired) electrons. The summed E-state index contributed by atoms with van der Waals surface area (Å²) < 4.78 is 40.6. The molecule has 1 atom stereocenters. The van der Waals surface area contributed by atoms with Gasteiger partial charge >= 0.3 is 0 Å². The van der Waals surface area contributed by atoms with E-state index in [0.717, 1.165) is 54.3 Å². The first kappa shape index (κ1) is 31.8. The van der Waals surface area contributed by atoms with Crippen molar-refractivity contribution in [3.63, 3.8) is 0 Å². The first-order valence-corrected chi connectivity index (χ1v) is 16.4. The van der Waals surface area contributed by atoms with Crippen LogP contribution in [0.4, 0.5) is 10.1 Å². The predicted molar refractivity (Wildman–Crippen MR) is 165 cm³/mol. The second-order valence-electron chi connectivity index (χ2n) is 10.6. The Morgan fingerprint density at radius 2 is 1.64 bits per heavy atom. The average molecular weight is 635 g/mol. The number of anilines is 1. The van der Waals surface area contributed by atoms with E-state index >= 15 is 0 Å².